The third-order valence-electron chi connectivity index (χ3n) is 10.8. The van der Waals surface area contributed by atoms with E-state index in [1.165, 1.54) is 26.4 Å². The van der Waals surface area contributed by atoms with Gasteiger partial charge in [0.05, 0.1) is 24.9 Å². The van der Waals surface area contributed by atoms with Crippen LogP contribution >= 0.6 is 0 Å². The average Bonchev–Trinajstić information content (AvgIpc) is 3.88. The number of rotatable bonds is 9. The Morgan fingerprint density at radius 3 is 2.20 bits per heavy atom. The van der Waals surface area contributed by atoms with Crippen LogP contribution in [-0.4, -0.2) is 152 Å². The average molecular weight is 728 g/mol. The first-order valence-electron chi connectivity index (χ1n) is 18.2. The normalized spacial score (nSPS) is 47.0. The Bertz CT molecular complexity index is 1210. The molecule has 0 aromatic heterocycles. The number of carbonyl (C=O) groups excluding carboxylic acids is 2. The fourth-order valence-corrected chi connectivity index (χ4v) is 7.69. The van der Waals surface area contributed by atoms with E-state index in [2.05, 4.69) is 0 Å². The smallest absolute Gasteiger partial charge is 0.330 e. The molecule has 14 heteroatoms. The van der Waals surface area contributed by atoms with Crippen LogP contribution < -0.4 is 0 Å². The molecule has 0 bridgehead atoms. The highest BCUT2D eigenvalue weighted by Crippen LogP contribution is 2.40. The highest BCUT2D eigenvalue weighted by Gasteiger charge is 2.59. The van der Waals surface area contributed by atoms with Crippen molar-refractivity contribution in [3.63, 3.8) is 0 Å². The van der Waals surface area contributed by atoms with Crippen molar-refractivity contribution in [3.8, 4) is 0 Å². The Morgan fingerprint density at radius 2 is 1.57 bits per heavy atom. The summed E-state index contributed by atoms with van der Waals surface area (Å²) in [5.41, 5.74) is -1.86. The molecule has 4 aliphatic rings. The number of nitrogens with zero attached hydrogens (tertiary/aromatic N) is 1. The number of esters is 1. The molecular weight excluding hydrogens is 666 g/mol. The topological polar surface area (TPSA) is 175 Å². The van der Waals surface area contributed by atoms with E-state index in [0.717, 1.165) is 0 Å². The van der Waals surface area contributed by atoms with Crippen LogP contribution in [0.4, 0.5) is 0 Å². The van der Waals surface area contributed by atoms with Crippen molar-refractivity contribution < 1.29 is 62.8 Å². The Hall–Kier alpha value is -1.82. The Labute approximate surface area is 302 Å². The molecule has 0 unspecified atom stereocenters. The summed E-state index contributed by atoms with van der Waals surface area (Å²) in [7, 11) is 6.70. The van der Waals surface area contributed by atoms with Crippen LogP contribution in [0.1, 0.15) is 60.8 Å². The summed E-state index contributed by atoms with van der Waals surface area (Å²) in [6, 6.07) is -0.171. The first-order valence-corrected chi connectivity index (χ1v) is 18.2. The number of allylic oxidation sites excluding steroid dienone is 1. The second kappa shape index (κ2) is 18.0. The maximum atomic E-state index is 13.4. The van der Waals surface area contributed by atoms with Crippen molar-refractivity contribution in [2.24, 2.45) is 17.8 Å². The summed E-state index contributed by atoms with van der Waals surface area (Å²) in [4.78, 5) is 28.7. The third kappa shape index (κ3) is 9.84. The number of ketones is 1. The molecule has 292 valence electrons. The Morgan fingerprint density at radius 1 is 0.882 bits per heavy atom. The number of likely N-dealkylation sites (N-methyl/N-ethyl adjacent to an activating group) is 1. The van der Waals surface area contributed by atoms with E-state index in [1.807, 2.05) is 46.7 Å². The number of epoxide rings is 1. The van der Waals surface area contributed by atoms with Gasteiger partial charge in [-0.3, -0.25) is 4.79 Å². The number of hydrogen-bond donors (Lipinski definition) is 3. The summed E-state index contributed by atoms with van der Waals surface area (Å²) in [5.74, 6) is -1.71. The van der Waals surface area contributed by atoms with Gasteiger partial charge in [0.25, 0.3) is 0 Å². The van der Waals surface area contributed by atoms with Gasteiger partial charge in [-0.1, -0.05) is 33.8 Å². The minimum Gasteiger partial charge on any atom is -0.456 e. The summed E-state index contributed by atoms with van der Waals surface area (Å²) in [5, 5.41) is 34.0. The van der Waals surface area contributed by atoms with Gasteiger partial charge in [-0.15, -0.1) is 0 Å². The zero-order valence-corrected chi connectivity index (χ0v) is 31.7. The van der Waals surface area contributed by atoms with Gasteiger partial charge in [0.2, 0.25) is 0 Å². The highest BCUT2D eigenvalue weighted by molar-refractivity contribution is 5.91. The quantitative estimate of drug-likeness (QED) is 0.232. The van der Waals surface area contributed by atoms with Gasteiger partial charge >= 0.3 is 5.97 Å². The number of hydrogen-bond acceptors (Lipinski definition) is 14. The molecule has 4 aliphatic heterocycles. The molecule has 0 spiro atoms. The maximum Gasteiger partial charge on any atom is 0.330 e. The largest absolute Gasteiger partial charge is 0.456 e. The van der Waals surface area contributed by atoms with Crippen LogP contribution in [0.25, 0.3) is 0 Å². The molecule has 0 aromatic rings. The van der Waals surface area contributed by atoms with Crippen LogP contribution in [0.3, 0.4) is 0 Å². The summed E-state index contributed by atoms with van der Waals surface area (Å²) >= 11 is 0. The monoisotopic (exact) mass is 727 g/mol. The number of methoxy groups -OCH3 is 2. The molecular formula is C37H61NO13. The fraction of sp³-hybridized carbons (Fsp3) is 0.838. The second-order valence-electron chi connectivity index (χ2n) is 15.0. The van der Waals surface area contributed by atoms with Gasteiger partial charge in [-0.25, -0.2) is 4.79 Å². The fourth-order valence-electron chi connectivity index (χ4n) is 7.69. The molecule has 3 fully saturated rings. The molecule has 0 radical (unpaired) electrons. The molecule has 0 saturated carbocycles. The zero-order valence-electron chi connectivity index (χ0n) is 31.7. The van der Waals surface area contributed by atoms with E-state index in [9.17, 15) is 24.9 Å². The lowest BCUT2D eigenvalue weighted by Crippen LogP contribution is -2.60. The van der Waals surface area contributed by atoms with Gasteiger partial charge < -0.3 is 58.1 Å². The van der Waals surface area contributed by atoms with Crippen LogP contribution in [0.2, 0.25) is 0 Å². The SMILES string of the molecule is CC[C@@H]1OC(=O)/C=C/[C@@H](C)[C@@H](O[C@@H]2O[C@H](C)C[C@H](N(C)C)[C@H]2O)[C@@H](C)C[C@H](C)C(=O)/C=C/[C@@H]2O[C@H]2[C@]1(O)CO[C@@H]1O[C@H](C)[C@@H](O)[C@@H](OC)[C@H]1OC. The molecule has 4 heterocycles. The van der Waals surface area contributed by atoms with Gasteiger partial charge in [0.15, 0.2) is 24.0 Å². The molecule has 51 heavy (non-hydrogen) atoms. The standard InChI is InChI=1S/C37H61NO13/c1-11-27-37(43,18-46-36-33(45-10)32(44-9)29(41)23(6)48-36)34-26(49-34)14-13-25(39)20(3)16-21(4)31(19(2)12-15-28(40)50-27)51-35-30(42)24(38(7)8)17-22(5)47-35/h12-15,19-24,26-27,29-36,41-43H,11,16-18H2,1-10H3/b14-13+,15-12+/t19-,20+,21+,22-,23-,24+,26+,27+,29-,30-,31-,32-,33-,34-,35+,36-,37+/m1/s1. The minimum atomic E-state index is -1.86. The van der Waals surface area contributed by atoms with E-state index >= 15 is 0 Å². The molecule has 4 rings (SSSR count). The minimum absolute atomic E-state index is 0.115. The number of ether oxygens (including phenoxy) is 8. The highest BCUT2D eigenvalue weighted by atomic mass is 16.7. The molecule has 3 saturated heterocycles. The first kappa shape index (κ1) is 41.9. The van der Waals surface area contributed by atoms with E-state index in [4.69, 9.17) is 37.9 Å². The molecule has 0 aliphatic carbocycles. The van der Waals surface area contributed by atoms with E-state index < -0.39 is 79.1 Å². The van der Waals surface area contributed by atoms with Crippen LogP contribution in [0.15, 0.2) is 24.3 Å². The number of aliphatic hydroxyl groups is 3. The number of carbonyl (C=O) groups is 2. The number of aliphatic hydroxyl groups excluding tert-OH is 2. The first-order chi connectivity index (χ1) is 24.1. The molecule has 14 nitrogen and oxygen atoms in total. The van der Waals surface area contributed by atoms with Gasteiger partial charge in [0, 0.05) is 38.2 Å². The van der Waals surface area contributed by atoms with Crippen molar-refractivity contribution in [3.05, 3.63) is 24.3 Å². The molecule has 17 atom stereocenters. The van der Waals surface area contributed by atoms with Crippen molar-refractivity contribution in [1.29, 1.82) is 0 Å². The predicted molar refractivity (Wildman–Crippen MR) is 184 cm³/mol. The summed E-state index contributed by atoms with van der Waals surface area (Å²) in [6.45, 7) is 10.7. The third-order valence-corrected chi connectivity index (χ3v) is 10.8. The van der Waals surface area contributed by atoms with Crippen LogP contribution in [0, 0.1) is 17.8 Å². The van der Waals surface area contributed by atoms with Gasteiger partial charge in [0.1, 0.15) is 42.7 Å². The zero-order chi connectivity index (χ0) is 37.8. The van der Waals surface area contributed by atoms with Crippen molar-refractivity contribution in [2.75, 3.05) is 34.9 Å². The maximum absolute atomic E-state index is 13.4. The lowest BCUT2D eigenvalue weighted by molar-refractivity contribution is -0.313. The van der Waals surface area contributed by atoms with E-state index in [1.54, 1.807) is 26.0 Å². The van der Waals surface area contributed by atoms with E-state index in [0.29, 0.717) is 12.8 Å². The lowest BCUT2D eigenvalue weighted by Gasteiger charge is -2.43. The van der Waals surface area contributed by atoms with Crippen LogP contribution in [-0.2, 0) is 47.5 Å². The molecule has 0 amide bonds. The van der Waals surface area contributed by atoms with E-state index in [-0.39, 0.29) is 48.7 Å². The van der Waals surface area contributed by atoms with Crippen molar-refractivity contribution in [1.82, 2.24) is 4.90 Å². The molecule has 0 aromatic carbocycles. The Balaban J connectivity index is 1.59. The van der Waals surface area contributed by atoms with Crippen molar-refractivity contribution in [2.45, 2.75) is 146 Å². The number of cyclic esters (lactones) is 1. The van der Waals surface area contributed by atoms with Gasteiger partial charge in [-0.05, 0) is 65.3 Å². The summed E-state index contributed by atoms with van der Waals surface area (Å²) < 4.78 is 47.4. The predicted octanol–water partition coefficient (Wildman–Crippen LogP) is 1.76. The van der Waals surface area contributed by atoms with Crippen LogP contribution in [0.5, 0.6) is 0 Å². The van der Waals surface area contributed by atoms with Gasteiger partial charge in [-0.2, -0.15) is 0 Å². The second-order valence-corrected chi connectivity index (χ2v) is 15.0. The summed E-state index contributed by atoms with van der Waals surface area (Å²) in [6.07, 6.45) is -1.95. The lowest BCUT2D eigenvalue weighted by atomic mass is 9.84. The number of fused-ring (bicyclic) bond motifs is 1. The Kier molecular flexibility index (Phi) is 14.8. The van der Waals surface area contributed by atoms with Crippen molar-refractivity contribution >= 4 is 11.8 Å². The molecule has 3 N–H and O–H groups in total.